The summed E-state index contributed by atoms with van der Waals surface area (Å²) in [5.74, 6) is -0.125. The van der Waals surface area contributed by atoms with E-state index in [2.05, 4.69) is 20.5 Å². The van der Waals surface area contributed by atoms with Crippen LogP contribution in [0.3, 0.4) is 0 Å². The zero-order valence-corrected chi connectivity index (χ0v) is 15.3. The van der Waals surface area contributed by atoms with Gasteiger partial charge in [-0.1, -0.05) is 40.9 Å². The second-order valence-electron chi connectivity index (χ2n) is 5.25. The predicted octanol–water partition coefficient (Wildman–Crippen LogP) is 3.43. The van der Waals surface area contributed by atoms with Gasteiger partial charge in [-0.25, -0.2) is 9.67 Å². The van der Waals surface area contributed by atoms with E-state index >= 15 is 0 Å². The number of amides is 1. The Morgan fingerprint density at radius 3 is 2.56 bits per heavy atom. The van der Waals surface area contributed by atoms with Crippen LogP contribution in [-0.2, 0) is 17.9 Å². The predicted molar refractivity (Wildman–Crippen MR) is 96.2 cm³/mol. The van der Waals surface area contributed by atoms with E-state index in [1.165, 1.54) is 17.2 Å². The Kier molecular flexibility index (Phi) is 5.27. The van der Waals surface area contributed by atoms with E-state index in [9.17, 15) is 4.79 Å². The van der Waals surface area contributed by atoms with Crippen LogP contribution < -0.4 is 5.32 Å². The van der Waals surface area contributed by atoms with Gasteiger partial charge < -0.3 is 0 Å². The number of aromatic nitrogens is 5. The van der Waals surface area contributed by atoms with Crippen LogP contribution in [0.5, 0.6) is 0 Å². The van der Waals surface area contributed by atoms with E-state index in [-0.39, 0.29) is 18.4 Å². The minimum atomic E-state index is -0.309. The van der Waals surface area contributed by atoms with E-state index in [4.69, 9.17) is 34.8 Å². The van der Waals surface area contributed by atoms with Gasteiger partial charge in [-0.05, 0) is 19.1 Å². The van der Waals surface area contributed by atoms with Crippen LogP contribution >= 0.6 is 34.8 Å². The molecule has 0 radical (unpaired) electrons. The third kappa shape index (κ3) is 4.12. The average Bonchev–Trinajstić information content (AvgIpc) is 3.12. The van der Waals surface area contributed by atoms with Crippen molar-refractivity contribution in [1.29, 1.82) is 0 Å². The summed E-state index contributed by atoms with van der Waals surface area (Å²) in [5, 5.41) is 12.4. The number of nitrogens with zero attached hydrogens (tertiary/aromatic N) is 5. The molecule has 2 heterocycles. The average molecular weight is 400 g/mol. The van der Waals surface area contributed by atoms with Crippen molar-refractivity contribution in [2.75, 3.05) is 5.32 Å². The number of carbonyl (C=O) groups is 1. The van der Waals surface area contributed by atoms with Gasteiger partial charge in [0.1, 0.15) is 12.9 Å². The molecule has 0 aliphatic heterocycles. The van der Waals surface area contributed by atoms with Gasteiger partial charge in [-0.3, -0.25) is 14.8 Å². The van der Waals surface area contributed by atoms with Crippen molar-refractivity contribution < 1.29 is 4.79 Å². The largest absolute Gasteiger partial charge is 0.292 e. The number of hydrogen-bond acceptors (Lipinski definition) is 4. The maximum absolute atomic E-state index is 12.1. The lowest BCUT2D eigenvalue weighted by Crippen LogP contribution is -2.21. The highest BCUT2D eigenvalue weighted by Gasteiger charge is 2.12. The molecule has 130 valence electrons. The van der Waals surface area contributed by atoms with E-state index in [0.29, 0.717) is 27.3 Å². The summed E-state index contributed by atoms with van der Waals surface area (Å²) >= 11 is 18.2. The zero-order chi connectivity index (χ0) is 18.0. The Morgan fingerprint density at radius 1 is 1.20 bits per heavy atom. The van der Waals surface area contributed by atoms with Crippen molar-refractivity contribution in [3.63, 3.8) is 0 Å². The normalized spacial score (nSPS) is 10.9. The quantitative estimate of drug-likeness (QED) is 0.713. The molecule has 25 heavy (non-hydrogen) atoms. The summed E-state index contributed by atoms with van der Waals surface area (Å²) in [6, 6.07) is 5.27. The summed E-state index contributed by atoms with van der Waals surface area (Å²) in [6.45, 7) is 2.14. The SMILES string of the molecule is Cc1c(Cl)cnn1CC(=O)Nc1ncn(Cc2c(Cl)cccc2Cl)n1. The summed E-state index contributed by atoms with van der Waals surface area (Å²) in [5.41, 5.74) is 1.44. The molecule has 0 spiro atoms. The molecular weight excluding hydrogens is 387 g/mol. The summed E-state index contributed by atoms with van der Waals surface area (Å²) < 4.78 is 3.04. The van der Waals surface area contributed by atoms with Gasteiger partial charge in [0.05, 0.1) is 23.5 Å². The third-order valence-corrected chi connectivity index (χ3v) is 4.59. The highest BCUT2D eigenvalue weighted by molar-refractivity contribution is 6.36. The van der Waals surface area contributed by atoms with E-state index in [1.54, 1.807) is 29.8 Å². The molecule has 0 fully saturated rings. The molecule has 0 saturated carbocycles. The summed E-state index contributed by atoms with van der Waals surface area (Å²) in [6.07, 6.45) is 2.98. The molecule has 0 aliphatic carbocycles. The first-order valence-corrected chi connectivity index (χ1v) is 8.37. The first-order valence-electron chi connectivity index (χ1n) is 7.24. The summed E-state index contributed by atoms with van der Waals surface area (Å²) in [4.78, 5) is 16.1. The minimum Gasteiger partial charge on any atom is -0.292 e. The van der Waals surface area contributed by atoms with E-state index in [0.717, 1.165) is 5.56 Å². The Hall–Kier alpha value is -2.09. The molecular formula is C15H13Cl3N6O. The molecule has 7 nitrogen and oxygen atoms in total. The van der Waals surface area contributed by atoms with Gasteiger partial charge in [-0.2, -0.15) is 5.10 Å². The van der Waals surface area contributed by atoms with Crippen molar-refractivity contribution in [3.8, 4) is 0 Å². The molecule has 3 aromatic rings. The zero-order valence-electron chi connectivity index (χ0n) is 13.1. The fourth-order valence-electron chi connectivity index (χ4n) is 2.16. The Morgan fingerprint density at radius 2 is 1.92 bits per heavy atom. The van der Waals surface area contributed by atoms with Gasteiger partial charge >= 0.3 is 0 Å². The first-order chi connectivity index (χ1) is 11.9. The number of carbonyl (C=O) groups excluding carboxylic acids is 1. The molecule has 1 N–H and O–H groups in total. The van der Waals surface area contributed by atoms with Crippen molar-refractivity contribution in [1.82, 2.24) is 24.5 Å². The number of benzene rings is 1. The second kappa shape index (κ2) is 7.43. The van der Waals surface area contributed by atoms with Gasteiger partial charge in [0.2, 0.25) is 11.9 Å². The van der Waals surface area contributed by atoms with Gasteiger partial charge in [0.15, 0.2) is 0 Å². The smallest absolute Gasteiger partial charge is 0.248 e. The molecule has 3 rings (SSSR count). The number of halogens is 3. The third-order valence-electron chi connectivity index (χ3n) is 3.51. The van der Waals surface area contributed by atoms with Crippen molar-refractivity contribution in [2.24, 2.45) is 0 Å². The second-order valence-corrected chi connectivity index (χ2v) is 6.47. The Labute approximate surface area is 158 Å². The van der Waals surface area contributed by atoms with Crippen LogP contribution in [0.2, 0.25) is 15.1 Å². The molecule has 10 heteroatoms. The number of rotatable bonds is 5. The van der Waals surface area contributed by atoms with E-state index in [1.807, 2.05) is 0 Å². The monoisotopic (exact) mass is 398 g/mol. The van der Waals surface area contributed by atoms with Crippen LogP contribution in [0, 0.1) is 6.92 Å². The molecule has 0 unspecified atom stereocenters. The topological polar surface area (TPSA) is 77.6 Å². The van der Waals surface area contributed by atoms with Crippen molar-refractivity contribution in [3.05, 3.63) is 57.0 Å². The highest BCUT2D eigenvalue weighted by Crippen LogP contribution is 2.24. The van der Waals surface area contributed by atoms with Crippen LogP contribution in [0.1, 0.15) is 11.3 Å². The fraction of sp³-hybridized carbons (Fsp3) is 0.200. The molecule has 0 bridgehead atoms. The molecule has 0 atom stereocenters. The Balaban J connectivity index is 1.65. The maximum Gasteiger partial charge on any atom is 0.248 e. The van der Waals surface area contributed by atoms with Crippen molar-refractivity contribution in [2.45, 2.75) is 20.0 Å². The van der Waals surface area contributed by atoms with Crippen molar-refractivity contribution >= 4 is 46.7 Å². The van der Waals surface area contributed by atoms with Gasteiger partial charge in [0, 0.05) is 15.6 Å². The Bertz CT molecular complexity index is 900. The van der Waals surface area contributed by atoms with Gasteiger partial charge in [0.25, 0.3) is 0 Å². The van der Waals surface area contributed by atoms with Crippen LogP contribution in [-0.4, -0.2) is 30.5 Å². The number of hydrogen-bond donors (Lipinski definition) is 1. The lowest BCUT2D eigenvalue weighted by Gasteiger charge is -2.06. The number of anilines is 1. The summed E-state index contributed by atoms with van der Waals surface area (Å²) in [7, 11) is 0. The molecule has 0 aliphatic rings. The molecule has 0 saturated heterocycles. The lowest BCUT2D eigenvalue weighted by molar-refractivity contribution is -0.117. The van der Waals surface area contributed by atoms with Crippen LogP contribution in [0.25, 0.3) is 0 Å². The van der Waals surface area contributed by atoms with Gasteiger partial charge in [-0.15, -0.1) is 5.10 Å². The fourth-order valence-corrected chi connectivity index (χ4v) is 2.82. The highest BCUT2D eigenvalue weighted by atomic mass is 35.5. The van der Waals surface area contributed by atoms with E-state index < -0.39 is 0 Å². The maximum atomic E-state index is 12.1. The minimum absolute atomic E-state index is 0.0173. The van der Waals surface area contributed by atoms with Crippen LogP contribution in [0.15, 0.2) is 30.7 Å². The number of nitrogens with one attached hydrogen (secondary N) is 1. The lowest BCUT2D eigenvalue weighted by atomic mass is 10.2. The molecule has 1 aromatic carbocycles. The molecule has 1 amide bonds. The standard InChI is InChI=1S/C15H13Cl3N6O/c1-9-13(18)5-20-24(9)7-14(25)21-15-19-8-23(22-15)6-10-11(16)3-2-4-12(10)17/h2-5,8H,6-7H2,1H3,(H,21,22,25). The van der Waals surface area contributed by atoms with Crippen LogP contribution in [0.4, 0.5) is 5.95 Å². The molecule has 2 aromatic heterocycles. The first kappa shape index (κ1) is 17.7.